The Labute approximate surface area is 119 Å². The average molecular weight is 279 g/mol. The van der Waals surface area contributed by atoms with E-state index < -0.39 is 0 Å². The Morgan fingerprint density at radius 2 is 1.28 bits per heavy atom. The predicted molar refractivity (Wildman–Crippen MR) is 80.8 cm³/mol. The highest BCUT2D eigenvalue weighted by molar-refractivity contribution is 6.37. The smallest absolute Gasteiger partial charge is 0.0519 e. The lowest BCUT2D eigenvalue weighted by Gasteiger charge is -2.18. The summed E-state index contributed by atoms with van der Waals surface area (Å²) in [6, 6.07) is 7.84. The van der Waals surface area contributed by atoms with E-state index in [1.165, 1.54) is 16.7 Å². The molecule has 0 heterocycles. The van der Waals surface area contributed by atoms with E-state index >= 15 is 0 Å². The third kappa shape index (κ3) is 2.04. The molecule has 0 saturated heterocycles. The van der Waals surface area contributed by atoms with Crippen LogP contribution in [0.2, 0.25) is 10.0 Å². The van der Waals surface area contributed by atoms with Crippen LogP contribution in [0.25, 0.3) is 11.1 Å². The van der Waals surface area contributed by atoms with Crippen LogP contribution in [0.4, 0.5) is 0 Å². The molecule has 0 aliphatic rings. The first-order valence-corrected chi connectivity index (χ1v) is 6.71. The lowest BCUT2D eigenvalue weighted by atomic mass is 9.91. The van der Waals surface area contributed by atoms with Gasteiger partial charge in [-0.2, -0.15) is 0 Å². The summed E-state index contributed by atoms with van der Waals surface area (Å²) in [7, 11) is 0. The Morgan fingerprint density at radius 1 is 0.722 bits per heavy atom. The van der Waals surface area contributed by atoms with Crippen LogP contribution in [-0.4, -0.2) is 0 Å². The summed E-state index contributed by atoms with van der Waals surface area (Å²) in [5.41, 5.74) is 6.95. The monoisotopic (exact) mass is 278 g/mol. The van der Waals surface area contributed by atoms with Gasteiger partial charge in [0.2, 0.25) is 0 Å². The molecule has 94 valence electrons. The zero-order chi connectivity index (χ0) is 13.4. The van der Waals surface area contributed by atoms with Gasteiger partial charge in [0.25, 0.3) is 0 Å². The van der Waals surface area contributed by atoms with Gasteiger partial charge < -0.3 is 0 Å². The van der Waals surface area contributed by atoms with Gasteiger partial charge >= 0.3 is 0 Å². The van der Waals surface area contributed by atoms with Crippen LogP contribution in [0.5, 0.6) is 0 Å². The van der Waals surface area contributed by atoms with Crippen LogP contribution in [0.15, 0.2) is 24.3 Å². The summed E-state index contributed by atoms with van der Waals surface area (Å²) in [6.07, 6.45) is 0. The highest BCUT2D eigenvalue weighted by Crippen LogP contribution is 2.40. The van der Waals surface area contributed by atoms with E-state index in [2.05, 4.69) is 27.7 Å². The van der Waals surface area contributed by atoms with Crippen LogP contribution in [0.3, 0.4) is 0 Å². The fourth-order valence-electron chi connectivity index (χ4n) is 2.25. The molecular formula is C16H16Cl2. The van der Waals surface area contributed by atoms with Gasteiger partial charge in [0, 0.05) is 16.1 Å². The zero-order valence-corrected chi connectivity index (χ0v) is 12.6. The van der Waals surface area contributed by atoms with Gasteiger partial charge in [-0.1, -0.05) is 41.4 Å². The second kappa shape index (κ2) is 4.95. The first-order valence-electron chi connectivity index (χ1n) is 5.96. The molecule has 2 aromatic rings. The minimum Gasteiger partial charge on any atom is -0.0837 e. The van der Waals surface area contributed by atoms with Crippen molar-refractivity contribution in [2.45, 2.75) is 27.7 Å². The minimum absolute atomic E-state index is 0.741. The van der Waals surface area contributed by atoms with E-state index in [0.717, 1.165) is 26.7 Å². The van der Waals surface area contributed by atoms with Crippen LogP contribution in [0.1, 0.15) is 22.3 Å². The standard InChI is InChI=1S/C16H16Cl2/c1-9-10(2)12(4)16(18)15(11(9)3)13-7-5-6-8-14(13)17/h5-8H,1-4H3. The first-order chi connectivity index (χ1) is 8.45. The molecule has 0 fully saturated rings. The van der Waals surface area contributed by atoms with Crippen LogP contribution in [-0.2, 0) is 0 Å². The van der Waals surface area contributed by atoms with Gasteiger partial charge in [-0.25, -0.2) is 0 Å². The number of hydrogen-bond donors (Lipinski definition) is 0. The van der Waals surface area contributed by atoms with Crippen molar-refractivity contribution in [2.75, 3.05) is 0 Å². The number of hydrogen-bond acceptors (Lipinski definition) is 0. The molecule has 0 aromatic heterocycles. The molecule has 0 unspecified atom stereocenters. The van der Waals surface area contributed by atoms with Gasteiger partial charge in [-0.15, -0.1) is 0 Å². The summed E-state index contributed by atoms with van der Waals surface area (Å²) < 4.78 is 0. The van der Waals surface area contributed by atoms with Crippen molar-refractivity contribution < 1.29 is 0 Å². The van der Waals surface area contributed by atoms with Gasteiger partial charge in [0.15, 0.2) is 0 Å². The van der Waals surface area contributed by atoms with Gasteiger partial charge in [-0.05, 0) is 56.0 Å². The Kier molecular flexibility index (Phi) is 3.70. The maximum absolute atomic E-state index is 6.52. The van der Waals surface area contributed by atoms with E-state index in [9.17, 15) is 0 Å². The fraction of sp³-hybridized carbons (Fsp3) is 0.250. The molecular weight excluding hydrogens is 263 g/mol. The number of rotatable bonds is 1. The number of halogens is 2. The minimum atomic E-state index is 0.741. The molecule has 2 heteroatoms. The lowest BCUT2D eigenvalue weighted by Crippen LogP contribution is -1.97. The van der Waals surface area contributed by atoms with Crippen molar-refractivity contribution in [2.24, 2.45) is 0 Å². The molecule has 0 N–H and O–H groups in total. The van der Waals surface area contributed by atoms with Crippen molar-refractivity contribution in [3.8, 4) is 11.1 Å². The third-order valence-corrected chi connectivity index (χ3v) is 4.56. The van der Waals surface area contributed by atoms with Gasteiger partial charge in [0.05, 0.1) is 5.02 Å². The molecule has 18 heavy (non-hydrogen) atoms. The molecule has 2 aromatic carbocycles. The highest BCUT2D eigenvalue weighted by atomic mass is 35.5. The Bertz CT molecular complexity index is 584. The van der Waals surface area contributed by atoms with E-state index in [1.54, 1.807) is 0 Å². The molecule has 0 radical (unpaired) electrons. The van der Waals surface area contributed by atoms with Crippen LogP contribution >= 0.6 is 23.2 Å². The largest absolute Gasteiger partial charge is 0.0837 e. The topological polar surface area (TPSA) is 0 Å². The summed E-state index contributed by atoms with van der Waals surface area (Å²) in [5.74, 6) is 0. The average Bonchev–Trinajstić information content (AvgIpc) is 2.36. The van der Waals surface area contributed by atoms with Gasteiger partial charge in [0.1, 0.15) is 0 Å². The lowest BCUT2D eigenvalue weighted by molar-refractivity contribution is 1.22. The Hall–Kier alpha value is -0.980. The molecule has 2 rings (SSSR count). The molecule has 0 bridgehead atoms. The molecule has 0 saturated carbocycles. The summed E-state index contributed by atoms with van der Waals surface area (Å²) >= 11 is 12.8. The molecule has 0 spiro atoms. The molecule has 0 atom stereocenters. The second-order valence-electron chi connectivity index (χ2n) is 4.67. The van der Waals surface area contributed by atoms with Crippen LogP contribution in [0, 0.1) is 27.7 Å². The number of benzene rings is 2. The Balaban J connectivity index is 2.85. The van der Waals surface area contributed by atoms with Crippen molar-refractivity contribution in [1.29, 1.82) is 0 Å². The maximum Gasteiger partial charge on any atom is 0.0519 e. The normalized spacial score (nSPS) is 10.8. The molecule has 0 amide bonds. The van der Waals surface area contributed by atoms with Crippen LogP contribution < -0.4 is 0 Å². The fourth-order valence-corrected chi connectivity index (χ4v) is 2.87. The maximum atomic E-state index is 6.52. The summed E-state index contributed by atoms with van der Waals surface area (Å²) in [4.78, 5) is 0. The zero-order valence-electron chi connectivity index (χ0n) is 11.1. The Morgan fingerprint density at radius 3 is 1.89 bits per heavy atom. The third-order valence-electron chi connectivity index (χ3n) is 3.75. The van der Waals surface area contributed by atoms with E-state index in [-0.39, 0.29) is 0 Å². The SMILES string of the molecule is Cc1c(C)c(C)c(-c2ccccc2Cl)c(Cl)c1C. The first kappa shape index (κ1) is 13.5. The van der Waals surface area contributed by atoms with E-state index in [4.69, 9.17) is 23.2 Å². The predicted octanol–water partition coefficient (Wildman–Crippen LogP) is 5.89. The quantitative estimate of drug-likeness (QED) is 0.610. The highest BCUT2D eigenvalue weighted by Gasteiger charge is 2.16. The van der Waals surface area contributed by atoms with Crippen molar-refractivity contribution in [3.63, 3.8) is 0 Å². The van der Waals surface area contributed by atoms with Gasteiger partial charge in [-0.3, -0.25) is 0 Å². The summed E-state index contributed by atoms with van der Waals surface area (Å²) in [5, 5.41) is 1.55. The molecule has 0 nitrogen and oxygen atoms in total. The molecule has 0 aliphatic heterocycles. The van der Waals surface area contributed by atoms with E-state index in [1.807, 2.05) is 24.3 Å². The van der Waals surface area contributed by atoms with Crippen molar-refractivity contribution in [1.82, 2.24) is 0 Å². The molecule has 0 aliphatic carbocycles. The summed E-state index contributed by atoms with van der Waals surface area (Å²) in [6.45, 7) is 8.41. The van der Waals surface area contributed by atoms with Crippen molar-refractivity contribution in [3.05, 3.63) is 56.6 Å². The second-order valence-corrected chi connectivity index (χ2v) is 5.45. The van der Waals surface area contributed by atoms with Crippen molar-refractivity contribution >= 4 is 23.2 Å². The van der Waals surface area contributed by atoms with E-state index in [0.29, 0.717) is 0 Å².